The van der Waals surface area contributed by atoms with Gasteiger partial charge in [0, 0.05) is 6.42 Å². The topological polar surface area (TPSA) is 54.4 Å². The van der Waals surface area contributed by atoms with E-state index in [9.17, 15) is 9.59 Å². The van der Waals surface area contributed by atoms with Crippen LogP contribution in [0.2, 0.25) is 0 Å². The maximum atomic E-state index is 12.2. The van der Waals surface area contributed by atoms with Gasteiger partial charge in [-0.1, -0.05) is 37.8 Å². The van der Waals surface area contributed by atoms with Gasteiger partial charge in [0.1, 0.15) is 5.41 Å². The Morgan fingerprint density at radius 3 is 1.95 bits per heavy atom. The Balaban J connectivity index is 4.98. The monoisotopic (exact) mass is 282 g/mol. The second kappa shape index (κ2) is 8.93. The van der Waals surface area contributed by atoms with Gasteiger partial charge in [-0.2, -0.15) is 0 Å². The van der Waals surface area contributed by atoms with E-state index in [4.69, 9.17) is 5.11 Å². The molecule has 0 aliphatic rings. The predicted octanol–water partition coefficient (Wildman–Crippen LogP) is 4.75. The molecule has 3 nitrogen and oxygen atoms in total. The molecule has 20 heavy (non-hydrogen) atoms. The minimum absolute atomic E-state index is 0.188. The molecule has 0 amide bonds. The minimum atomic E-state index is -1.29. The molecule has 0 unspecified atom stereocenters. The van der Waals surface area contributed by atoms with Crippen molar-refractivity contribution in [3.05, 3.63) is 11.1 Å². The van der Waals surface area contributed by atoms with Crippen LogP contribution in [0.5, 0.6) is 0 Å². The van der Waals surface area contributed by atoms with Crippen LogP contribution in [-0.4, -0.2) is 16.9 Å². The summed E-state index contributed by atoms with van der Waals surface area (Å²) >= 11 is 0. The van der Waals surface area contributed by atoms with Crippen LogP contribution < -0.4 is 0 Å². The van der Waals surface area contributed by atoms with Crippen molar-refractivity contribution in [2.75, 3.05) is 0 Å². The number of carbonyl (C=O) groups is 2. The zero-order valence-electron chi connectivity index (χ0n) is 13.7. The van der Waals surface area contributed by atoms with Gasteiger partial charge in [-0.25, -0.2) is 0 Å². The van der Waals surface area contributed by atoms with E-state index in [1.54, 1.807) is 0 Å². The van der Waals surface area contributed by atoms with Crippen LogP contribution in [0.4, 0.5) is 0 Å². The Hall–Kier alpha value is -1.12. The lowest BCUT2D eigenvalue weighted by Gasteiger charge is -2.20. The number of aliphatic carboxylic acids is 1. The first kappa shape index (κ1) is 18.9. The van der Waals surface area contributed by atoms with Crippen molar-refractivity contribution >= 4 is 11.8 Å². The summed E-state index contributed by atoms with van der Waals surface area (Å²) < 4.78 is 0. The van der Waals surface area contributed by atoms with Gasteiger partial charge in [0.2, 0.25) is 0 Å². The van der Waals surface area contributed by atoms with E-state index in [1.807, 2.05) is 0 Å². The lowest BCUT2D eigenvalue weighted by molar-refractivity contribution is -0.152. The molecule has 1 N–H and O–H groups in total. The normalized spacial score (nSPS) is 13.1. The van der Waals surface area contributed by atoms with Crippen molar-refractivity contribution in [3.63, 3.8) is 0 Å². The van der Waals surface area contributed by atoms with E-state index in [2.05, 4.69) is 20.8 Å². The minimum Gasteiger partial charge on any atom is -0.481 e. The third kappa shape index (κ3) is 5.89. The Bertz CT molecular complexity index is 364. The molecule has 0 fully saturated rings. The van der Waals surface area contributed by atoms with Gasteiger partial charge in [0.25, 0.3) is 0 Å². The van der Waals surface area contributed by atoms with Gasteiger partial charge in [-0.15, -0.1) is 0 Å². The first-order valence-electron chi connectivity index (χ1n) is 7.71. The molecule has 0 bridgehead atoms. The number of carboxylic acids is 1. The summed E-state index contributed by atoms with van der Waals surface area (Å²) in [6, 6.07) is 0. The molecule has 0 aliphatic carbocycles. The van der Waals surface area contributed by atoms with Crippen molar-refractivity contribution < 1.29 is 14.7 Å². The lowest BCUT2D eigenvalue weighted by atomic mass is 9.83. The standard InChI is InChI=1S/C17H30O3/c1-6-8-10-13(3)14(11-9-7-2)12-15(18)17(4,5)16(19)20/h6-12H2,1-5H3,(H,19,20)/b14-13+. The van der Waals surface area contributed by atoms with E-state index >= 15 is 0 Å². The smallest absolute Gasteiger partial charge is 0.316 e. The second-order valence-electron chi connectivity index (χ2n) is 6.12. The van der Waals surface area contributed by atoms with E-state index in [-0.39, 0.29) is 12.2 Å². The molecule has 0 aromatic rings. The molecule has 0 aromatic carbocycles. The summed E-state index contributed by atoms with van der Waals surface area (Å²) in [5, 5.41) is 9.14. The van der Waals surface area contributed by atoms with E-state index in [0.29, 0.717) is 0 Å². The maximum Gasteiger partial charge on any atom is 0.316 e. The number of unbranched alkanes of at least 4 members (excludes halogenated alkanes) is 2. The zero-order chi connectivity index (χ0) is 15.8. The molecule has 0 aliphatic heterocycles. The fourth-order valence-corrected chi connectivity index (χ4v) is 2.00. The van der Waals surface area contributed by atoms with Crippen LogP contribution in [0.1, 0.15) is 79.6 Å². The van der Waals surface area contributed by atoms with Gasteiger partial charge in [-0.3, -0.25) is 9.59 Å². The number of carboxylic acid groups (broad SMARTS) is 1. The molecule has 0 heterocycles. The number of hydrogen-bond donors (Lipinski definition) is 1. The van der Waals surface area contributed by atoms with Gasteiger partial charge in [0.05, 0.1) is 0 Å². The SMILES string of the molecule is CCCC/C(C)=C(\CCCC)CC(=O)C(C)(C)C(=O)O. The Kier molecular flexibility index (Phi) is 8.43. The van der Waals surface area contributed by atoms with Crippen LogP contribution >= 0.6 is 0 Å². The number of hydrogen-bond acceptors (Lipinski definition) is 2. The predicted molar refractivity (Wildman–Crippen MR) is 82.8 cm³/mol. The first-order chi connectivity index (χ1) is 9.27. The summed E-state index contributed by atoms with van der Waals surface area (Å²) in [6.45, 7) is 9.36. The number of carbonyl (C=O) groups excluding carboxylic acids is 1. The van der Waals surface area contributed by atoms with Crippen LogP contribution in [-0.2, 0) is 9.59 Å². The van der Waals surface area contributed by atoms with Gasteiger partial charge in [0.15, 0.2) is 5.78 Å². The lowest BCUT2D eigenvalue weighted by Crippen LogP contribution is -2.33. The Morgan fingerprint density at radius 1 is 1.00 bits per heavy atom. The molecule has 116 valence electrons. The number of allylic oxidation sites excluding steroid dienone is 2. The Labute approximate surface area is 123 Å². The van der Waals surface area contributed by atoms with E-state index in [0.717, 1.165) is 44.1 Å². The molecule has 0 saturated carbocycles. The summed E-state index contributed by atoms with van der Waals surface area (Å²) in [5.41, 5.74) is 1.14. The van der Waals surface area contributed by atoms with Gasteiger partial charge < -0.3 is 5.11 Å². The summed E-state index contributed by atoms with van der Waals surface area (Å²) in [4.78, 5) is 23.4. The van der Waals surface area contributed by atoms with Crippen LogP contribution in [0.3, 0.4) is 0 Å². The molecule has 0 saturated heterocycles. The Morgan fingerprint density at radius 2 is 1.50 bits per heavy atom. The van der Waals surface area contributed by atoms with Crippen LogP contribution in [0.25, 0.3) is 0 Å². The van der Waals surface area contributed by atoms with Gasteiger partial charge in [-0.05, 0) is 46.5 Å². The molecule has 0 spiro atoms. The van der Waals surface area contributed by atoms with Crippen LogP contribution in [0, 0.1) is 5.41 Å². The number of ketones is 1. The zero-order valence-corrected chi connectivity index (χ0v) is 13.7. The van der Waals surface area contributed by atoms with Gasteiger partial charge >= 0.3 is 5.97 Å². The average Bonchev–Trinajstić information content (AvgIpc) is 2.39. The number of rotatable bonds is 10. The quantitative estimate of drug-likeness (QED) is 0.464. The van der Waals surface area contributed by atoms with Crippen molar-refractivity contribution in [3.8, 4) is 0 Å². The first-order valence-corrected chi connectivity index (χ1v) is 7.71. The highest BCUT2D eigenvalue weighted by Crippen LogP contribution is 2.26. The van der Waals surface area contributed by atoms with Crippen molar-refractivity contribution in [1.29, 1.82) is 0 Å². The van der Waals surface area contributed by atoms with E-state index < -0.39 is 11.4 Å². The largest absolute Gasteiger partial charge is 0.481 e. The highest BCUT2D eigenvalue weighted by atomic mass is 16.4. The third-order valence-corrected chi connectivity index (χ3v) is 3.95. The maximum absolute atomic E-state index is 12.2. The molecule has 0 radical (unpaired) electrons. The highest BCUT2D eigenvalue weighted by molar-refractivity contribution is 6.03. The molecular weight excluding hydrogens is 252 g/mol. The summed E-state index contributed by atoms with van der Waals surface area (Å²) in [7, 11) is 0. The average molecular weight is 282 g/mol. The highest BCUT2D eigenvalue weighted by Gasteiger charge is 2.35. The molecule has 0 rings (SSSR count). The summed E-state index contributed by atoms with van der Waals surface area (Å²) in [6.07, 6.45) is 6.60. The second-order valence-corrected chi connectivity index (χ2v) is 6.12. The fourth-order valence-electron chi connectivity index (χ4n) is 2.00. The summed E-state index contributed by atoms with van der Waals surface area (Å²) in [5.74, 6) is -1.23. The molecule has 0 aromatic heterocycles. The van der Waals surface area contributed by atoms with Crippen molar-refractivity contribution in [2.24, 2.45) is 5.41 Å². The molecule has 0 atom stereocenters. The molecular formula is C17H30O3. The fraction of sp³-hybridized carbons (Fsp3) is 0.765. The van der Waals surface area contributed by atoms with Crippen LogP contribution in [0.15, 0.2) is 11.1 Å². The van der Waals surface area contributed by atoms with Crippen molar-refractivity contribution in [2.45, 2.75) is 79.6 Å². The third-order valence-electron chi connectivity index (χ3n) is 3.95. The van der Waals surface area contributed by atoms with Crippen molar-refractivity contribution in [1.82, 2.24) is 0 Å². The molecule has 3 heteroatoms. The van der Waals surface area contributed by atoms with E-state index in [1.165, 1.54) is 19.4 Å². The number of Topliss-reactive ketones (excluding diaryl/α,β-unsaturated/α-hetero) is 1.